The number of benzene rings is 1. The highest BCUT2D eigenvalue weighted by Crippen LogP contribution is 2.31. The number of aromatic nitrogens is 2. The zero-order valence-corrected chi connectivity index (χ0v) is 12.7. The second-order valence-electron chi connectivity index (χ2n) is 4.28. The van der Waals surface area contributed by atoms with Crippen molar-refractivity contribution in [1.82, 2.24) is 9.55 Å². The van der Waals surface area contributed by atoms with Gasteiger partial charge >= 0.3 is 11.9 Å². The molecule has 2 rings (SSSR count). The summed E-state index contributed by atoms with van der Waals surface area (Å²) in [4.78, 5) is 25.0. The van der Waals surface area contributed by atoms with Crippen molar-refractivity contribution in [1.29, 1.82) is 0 Å². The first-order valence-electron chi connectivity index (χ1n) is 5.64. The van der Waals surface area contributed by atoms with E-state index in [1.54, 1.807) is 4.98 Å². The first-order chi connectivity index (χ1) is 10.1. The smallest absolute Gasteiger partial charge is 0.303 e. The lowest BCUT2D eigenvalue weighted by Crippen LogP contribution is -2.37. The summed E-state index contributed by atoms with van der Waals surface area (Å²) >= 11 is 17.4. The SMILES string of the molecule is O=c1cc(C(F)(F)F)[nH]c(=O)n1Cc1cc(Cl)c(Cl)c(Cl)c1. The Hall–Kier alpha value is -1.44. The molecule has 0 fully saturated rings. The third kappa shape index (κ3) is 3.48. The van der Waals surface area contributed by atoms with Crippen LogP contribution in [-0.4, -0.2) is 9.55 Å². The van der Waals surface area contributed by atoms with Gasteiger partial charge in [-0.05, 0) is 17.7 Å². The molecule has 0 radical (unpaired) electrons. The number of H-pyrrole nitrogens is 1. The first-order valence-corrected chi connectivity index (χ1v) is 6.78. The number of rotatable bonds is 2. The number of nitrogens with one attached hydrogen (secondary N) is 1. The summed E-state index contributed by atoms with van der Waals surface area (Å²) in [6, 6.07) is 3.03. The van der Waals surface area contributed by atoms with Crippen molar-refractivity contribution in [3.8, 4) is 0 Å². The lowest BCUT2D eigenvalue weighted by Gasteiger charge is -2.10. The average Bonchev–Trinajstić information content (AvgIpc) is 2.38. The summed E-state index contributed by atoms with van der Waals surface area (Å²) in [5, 5.41) is 0.293. The largest absolute Gasteiger partial charge is 0.431 e. The number of hydrogen-bond donors (Lipinski definition) is 1. The van der Waals surface area contributed by atoms with E-state index in [1.165, 1.54) is 12.1 Å². The number of alkyl halides is 3. The van der Waals surface area contributed by atoms with Crippen LogP contribution in [0.1, 0.15) is 11.3 Å². The van der Waals surface area contributed by atoms with E-state index in [0.29, 0.717) is 16.2 Å². The van der Waals surface area contributed by atoms with E-state index in [0.717, 1.165) is 0 Å². The van der Waals surface area contributed by atoms with Gasteiger partial charge in [-0.15, -0.1) is 0 Å². The molecule has 1 aromatic carbocycles. The van der Waals surface area contributed by atoms with Crippen LogP contribution in [0.15, 0.2) is 27.8 Å². The maximum absolute atomic E-state index is 12.5. The molecule has 22 heavy (non-hydrogen) atoms. The van der Waals surface area contributed by atoms with E-state index in [4.69, 9.17) is 34.8 Å². The van der Waals surface area contributed by atoms with Crippen LogP contribution in [0.4, 0.5) is 13.2 Å². The fourth-order valence-corrected chi connectivity index (χ4v) is 2.35. The predicted molar refractivity (Wildman–Crippen MR) is 76.9 cm³/mol. The van der Waals surface area contributed by atoms with E-state index >= 15 is 0 Å². The first kappa shape index (κ1) is 16.9. The molecule has 0 saturated carbocycles. The normalized spacial score (nSPS) is 11.7. The van der Waals surface area contributed by atoms with Crippen molar-refractivity contribution < 1.29 is 13.2 Å². The summed E-state index contributed by atoms with van der Waals surface area (Å²) in [6.07, 6.45) is -4.82. The highest BCUT2D eigenvalue weighted by molar-refractivity contribution is 6.48. The molecule has 0 saturated heterocycles. The van der Waals surface area contributed by atoms with Crippen molar-refractivity contribution in [3.63, 3.8) is 0 Å². The fourth-order valence-electron chi connectivity index (χ4n) is 1.70. The van der Waals surface area contributed by atoms with Crippen LogP contribution in [-0.2, 0) is 12.7 Å². The average molecular weight is 374 g/mol. The zero-order chi connectivity index (χ0) is 16.7. The second-order valence-corrected chi connectivity index (χ2v) is 5.48. The molecule has 0 aliphatic carbocycles. The third-order valence-electron chi connectivity index (χ3n) is 2.71. The topological polar surface area (TPSA) is 54.9 Å². The van der Waals surface area contributed by atoms with Crippen LogP contribution in [0.3, 0.4) is 0 Å². The van der Waals surface area contributed by atoms with Gasteiger partial charge < -0.3 is 4.98 Å². The molecule has 4 nitrogen and oxygen atoms in total. The molecular formula is C12H6Cl3F3N2O2. The van der Waals surface area contributed by atoms with E-state index in [9.17, 15) is 22.8 Å². The Kier molecular flexibility index (Phi) is 4.60. The molecule has 0 amide bonds. The summed E-state index contributed by atoms with van der Waals surface area (Å²) in [5.74, 6) is 0. The maximum Gasteiger partial charge on any atom is 0.431 e. The van der Waals surface area contributed by atoms with Gasteiger partial charge in [-0.2, -0.15) is 13.2 Å². The lowest BCUT2D eigenvalue weighted by atomic mass is 10.2. The third-order valence-corrected chi connectivity index (χ3v) is 3.91. The van der Waals surface area contributed by atoms with Gasteiger partial charge in [-0.1, -0.05) is 34.8 Å². The van der Waals surface area contributed by atoms with Crippen LogP contribution < -0.4 is 11.2 Å². The molecule has 1 aromatic heterocycles. The number of nitrogens with zero attached hydrogens (tertiary/aromatic N) is 1. The highest BCUT2D eigenvalue weighted by atomic mass is 35.5. The van der Waals surface area contributed by atoms with Crippen molar-refractivity contribution in [2.45, 2.75) is 12.7 Å². The molecule has 1 heterocycles. The monoisotopic (exact) mass is 372 g/mol. The molecule has 0 spiro atoms. The van der Waals surface area contributed by atoms with E-state index in [2.05, 4.69) is 0 Å². The van der Waals surface area contributed by atoms with Gasteiger partial charge in [0.25, 0.3) is 5.56 Å². The van der Waals surface area contributed by atoms with Crippen LogP contribution in [0.2, 0.25) is 15.1 Å². The minimum atomic E-state index is -4.82. The van der Waals surface area contributed by atoms with Crippen LogP contribution in [0.25, 0.3) is 0 Å². The Labute approximate surface area is 136 Å². The molecule has 0 atom stereocenters. The quantitative estimate of drug-likeness (QED) is 0.818. The van der Waals surface area contributed by atoms with Crippen molar-refractivity contribution >= 4 is 34.8 Å². The standard InChI is InChI=1S/C12H6Cl3F3N2O2/c13-6-1-5(2-7(14)10(6)15)4-20-9(21)3-8(12(16,17)18)19-11(20)22/h1-3H,4H2,(H,19,22). The number of hydrogen-bond acceptors (Lipinski definition) is 2. The van der Waals surface area contributed by atoms with Crippen LogP contribution >= 0.6 is 34.8 Å². The van der Waals surface area contributed by atoms with Gasteiger partial charge in [0.05, 0.1) is 21.6 Å². The fraction of sp³-hybridized carbons (Fsp3) is 0.167. The van der Waals surface area contributed by atoms with Crippen molar-refractivity contribution in [3.05, 3.63) is 65.4 Å². The summed E-state index contributed by atoms with van der Waals surface area (Å²) in [5.41, 5.74) is -3.36. The molecule has 10 heteroatoms. The Balaban J connectivity index is 2.48. The Morgan fingerprint density at radius 3 is 2.05 bits per heavy atom. The van der Waals surface area contributed by atoms with E-state index in [-0.39, 0.29) is 21.6 Å². The van der Waals surface area contributed by atoms with Crippen molar-refractivity contribution in [2.24, 2.45) is 0 Å². The summed E-state index contributed by atoms with van der Waals surface area (Å²) in [7, 11) is 0. The second kappa shape index (κ2) is 5.98. The minimum Gasteiger partial charge on any atom is -0.303 e. The molecule has 0 unspecified atom stereocenters. The predicted octanol–water partition coefficient (Wildman–Crippen LogP) is 3.56. The van der Waals surface area contributed by atoms with Gasteiger partial charge in [0, 0.05) is 6.07 Å². The molecule has 0 bridgehead atoms. The van der Waals surface area contributed by atoms with Gasteiger partial charge in [-0.25, -0.2) is 4.79 Å². The molecular weight excluding hydrogens is 367 g/mol. The summed E-state index contributed by atoms with van der Waals surface area (Å²) < 4.78 is 38.1. The lowest BCUT2D eigenvalue weighted by molar-refractivity contribution is -0.141. The van der Waals surface area contributed by atoms with Gasteiger partial charge in [-0.3, -0.25) is 9.36 Å². The molecule has 2 aromatic rings. The summed E-state index contributed by atoms with van der Waals surface area (Å²) in [6.45, 7) is -0.303. The Morgan fingerprint density at radius 1 is 1.05 bits per heavy atom. The van der Waals surface area contributed by atoms with Crippen LogP contribution in [0, 0.1) is 0 Å². The number of aromatic amines is 1. The van der Waals surface area contributed by atoms with Crippen LogP contribution in [0.5, 0.6) is 0 Å². The van der Waals surface area contributed by atoms with E-state index in [1.807, 2.05) is 0 Å². The highest BCUT2D eigenvalue weighted by Gasteiger charge is 2.32. The molecule has 1 N–H and O–H groups in total. The van der Waals surface area contributed by atoms with E-state index < -0.39 is 23.1 Å². The maximum atomic E-state index is 12.5. The zero-order valence-electron chi connectivity index (χ0n) is 10.5. The molecule has 0 aliphatic rings. The van der Waals surface area contributed by atoms with Crippen molar-refractivity contribution in [2.75, 3.05) is 0 Å². The molecule has 118 valence electrons. The minimum absolute atomic E-state index is 0.0977. The molecule has 0 aliphatic heterocycles. The van der Waals surface area contributed by atoms with Gasteiger partial charge in [0.2, 0.25) is 0 Å². The Morgan fingerprint density at radius 2 is 1.59 bits per heavy atom. The van der Waals surface area contributed by atoms with Gasteiger partial charge in [0.15, 0.2) is 0 Å². The number of halogens is 6. The Bertz CT molecular complexity index is 788. The van der Waals surface area contributed by atoms with Gasteiger partial charge in [0.1, 0.15) is 5.69 Å².